The molecule has 0 amide bonds. The predicted octanol–water partition coefficient (Wildman–Crippen LogP) is 3.30. The zero-order valence-corrected chi connectivity index (χ0v) is 17.8. The molecule has 1 spiro atoms. The molecule has 1 aliphatic heterocycles. The van der Waals surface area contributed by atoms with Gasteiger partial charge < -0.3 is 10.2 Å². The van der Waals surface area contributed by atoms with Crippen LogP contribution >= 0.6 is 11.8 Å². The van der Waals surface area contributed by atoms with Crippen molar-refractivity contribution in [1.82, 2.24) is 20.0 Å². The molecule has 146 valence electrons. The van der Waals surface area contributed by atoms with Gasteiger partial charge in [0.1, 0.15) is 0 Å². The Hall–Kier alpha value is -1.17. The second-order valence-electron chi connectivity index (χ2n) is 7.77. The number of hydrogen-bond donors (Lipinski definition) is 1. The van der Waals surface area contributed by atoms with Crippen molar-refractivity contribution in [3.8, 4) is 0 Å². The van der Waals surface area contributed by atoms with Gasteiger partial charge in [0, 0.05) is 49.4 Å². The van der Waals surface area contributed by atoms with Crippen LogP contribution in [0.5, 0.6) is 0 Å². The smallest absolute Gasteiger partial charge is 0.193 e. The summed E-state index contributed by atoms with van der Waals surface area (Å²) in [6.07, 6.45) is 7.93. The third-order valence-electron chi connectivity index (χ3n) is 5.93. The van der Waals surface area contributed by atoms with Crippen molar-refractivity contribution in [1.29, 1.82) is 0 Å². The van der Waals surface area contributed by atoms with E-state index in [1.165, 1.54) is 49.1 Å². The van der Waals surface area contributed by atoms with Gasteiger partial charge in [0.2, 0.25) is 0 Å². The molecule has 5 nitrogen and oxygen atoms in total. The van der Waals surface area contributed by atoms with E-state index in [0.29, 0.717) is 4.75 Å². The molecule has 0 unspecified atom stereocenters. The van der Waals surface area contributed by atoms with Gasteiger partial charge >= 0.3 is 0 Å². The van der Waals surface area contributed by atoms with Crippen LogP contribution in [0.15, 0.2) is 4.99 Å². The van der Waals surface area contributed by atoms with Crippen LogP contribution in [-0.4, -0.2) is 57.3 Å². The molecule has 1 saturated heterocycles. The van der Waals surface area contributed by atoms with Crippen molar-refractivity contribution < 1.29 is 0 Å². The van der Waals surface area contributed by atoms with E-state index < -0.39 is 0 Å². The maximum Gasteiger partial charge on any atom is 0.193 e. The van der Waals surface area contributed by atoms with Crippen LogP contribution in [0.4, 0.5) is 0 Å². The summed E-state index contributed by atoms with van der Waals surface area (Å²) in [6.45, 7) is 10.5. The van der Waals surface area contributed by atoms with Gasteiger partial charge in [0.05, 0.1) is 5.69 Å². The molecule has 2 heterocycles. The molecule has 0 bridgehead atoms. The van der Waals surface area contributed by atoms with Gasteiger partial charge in [-0.1, -0.05) is 19.3 Å². The molecule has 1 aromatic rings. The number of rotatable bonds is 4. The lowest BCUT2D eigenvalue weighted by molar-refractivity contribution is 0.293. The molecule has 1 aliphatic carbocycles. The number of nitrogens with zero attached hydrogens (tertiary/aromatic N) is 4. The molecule has 1 aromatic heterocycles. The lowest BCUT2D eigenvalue weighted by Gasteiger charge is -2.45. The van der Waals surface area contributed by atoms with E-state index in [9.17, 15) is 0 Å². The zero-order valence-electron chi connectivity index (χ0n) is 17.0. The second kappa shape index (κ2) is 8.68. The summed E-state index contributed by atoms with van der Waals surface area (Å²) < 4.78 is 2.46. The number of nitrogens with one attached hydrogen (secondary N) is 1. The highest BCUT2D eigenvalue weighted by Gasteiger charge is 2.38. The maximum absolute atomic E-state index is 4.99. The number of aromatic nitrogens is 2. The van der Waals surface area contributed by atoms with Crippen LogP contribution in [-0.2, 0) is 13.5 Å². The minimum absolute atomic E-state index is 0.475. The minimum atomic E-state index is 0.475. The Balaban J connectivity index is 1.66. The van der Waals surface area contributed by atoms with E-state index in [0.717, 1.165) is 44.3 Å². The van der Waals surface area contributed by atoms with E-state index in [1.807, 2.05) is 11.7 Å². The molecule has 2 fully saturated rings. The Bertz CT molecular complexity index is 625. The lowest BCUT2D eigenvalue weighted by Crippen LogP contribution is -2.53. The van der Waals surface area contributed by atoms with E-state index in [4.69, 9.17) is 4.99 Å². The fourth-order valence-electron chi connectivity index (χ4n) is 4.40. The Morgan fingerprint density at radius 2 is 2.04 bits per heavy atom. The van der Waals surface area contributed by atoms with Crippen LogP contribution in [0.25, 0.3) is 0 Å². The SMILES string of the molecule is CCNC(=NCCc1c(C)nn(C)c1C)N1CCSC2(CCCCC2)C1. The summed E-state index contributed by atoms with van der Waals surface area (Å²) in [5.41, 5.74) is 3.75. The Labute approximate surface area is 163 Å². The van der Waals surface area contributed by atoms with E-state index >= 15 is 0 Å². The summed E-state index contributed by atoms with van der Waals surface area (Å²) in [6, 6.07) is 0. The van der Waals surface area contributed by atoms with Crippen molar-refractivity contribution in [2.24, 2.45) is 12.0 Å². The van der Waals surface area contributed by atoms with E-state index in [2.05, 4.69) is 47.8 Å². The first-order valence-corrected chi connectivity index (χ1v) is 11.2. The molecule has 1 N–H and O–H groups in total. The molecule has 0 radical (unpaired) electrons. The zero-order chi connectivity index (χ0) is 18.6. The summed E-state index contributed by atoms with van der Waals surface area (Å²) in [5, 5.41) is 8.07. The molecule has 3 rings (SSSR count). The molecular weight excluding hydrogens is 342 g/mol. The van der Waals surface area contributed by atoms with Crippen molar-refractivity contribution in [2.75, 3.05) is 31.9 Å². The lowest BCUT2D eigenvalue weighted by atomic mass is 9.87. The van der Waals surface area contributed by atoms with Gasteiger partial charge in [-0.15, -0.1) is 0 Å². The van der Waals surface area contributed by atoms with E-state index in [-0.39, 0.29) is 0 Å². The monoisotopic (exact) mass is 377 g/mol. The van der Waals surface area contributed by atoms with Gasteiger partial charge in [-0.3, -0.25) is 9.67 Å². The van der Waals surface area contributed by atoms with Crippen LogP contribution in [0.1, 0.15) is 56.0 Å². The molecule has 2 aliphatic rings. The molecule has 0 aromatic carbocycles. The van der Waals surface area contributed by atoms with Crippen molar-refractivity contribution in [3.63, 3.8) is 0 Å². The van der Waals surface area contributed by atoms with Gasteiger partial charge in [-0.05, 0) is 45.6 Å². The quantitative estimate of drug-likeness (QED) is 0.646. The summed E-state index contributed by atoms with van der Waals surface area (Å²) in [5.74, 6) is 2.34. The van der Waals surface area contributed by atoms with Gasteiger partial charge in [-0.25, -0.2) is 0 Å². The first-order valence-electron chi connectivity index (χ1n) is 10.2. The number of aryl methyl sites for hydroxylation is 2. The van der Waals surface area contributed by atoms with Crippen molar-refractivity contribution >= 4 is 17.7 Å². The van der Waals surface area contributed by atoms with Crippen LogP contribution in [0, 0.1) is 13.8 Å². The van der Waals surface area contributed by atoms with Gasteiger partial charge in [0.25, 0.3) is 0 Å². The topological polar surface area (TPSA) is 45.5 Å². The predicted molar refractivity (Wildman–Crippen MR) is 112 cm³/mol. The van der Waals surface area contributed by atoms with Crippen LogP contribution in [0.2, 0.25) is 0 Å². The highest BCUT2D eigenvalue weighted by atomic mass is 32.2. The summed E-state index contributed by atoms with van der Waals surface area (Å²) >= 11 is 2.22. The normalized spacial score (nSPS) is 20.6. The second-order valence-corrected chi connectivity index (χ2v) is 9.34. The first-order chi connectivity index (χ1) is 12.5. The van der Waals surface area contributed by atoms with Crippen LogP contribution in [0.3, 0.4) is 0 Å². The summed E-state index contributed by atoms with van der Waals surface area (Å²) in [4.78, 5) is 7.51. The molecule has 0 atom stereocenters. The fourth-order valence-corrected chi connectivity index (χ4v) is 5.97. The van der Waals surface area contributed by atoms with Gasteiger partial charge in [-0.2, -0.15) is 16.9 Å². The third-order valence-corrected chi connectivity index (χ3v) is 7.47. The van der Waals surface area contributed by atoms with Crippen molar-refractivity contribution in [2.45, 2.75) is 64.0 Å². The van der Waals surface area contributed by atoms with E-state index in [1.54, 1.807) is 0 Å². The number of aliphatic imine (C=N–C) groups is 1. The molecule has 6 heteroatoms. The van der Waals surface area contributed by atoms with Gasteiger partial charge in [0.15, 0.2) is 5.96 Å². The largest absolute Gasteiger partial charge is 0.357 e. The number of guanidine groups is 1. The standard InChI is InChI=1S/C20H35N5S/c1-5-21-19(22-12-9-18-16(2)23-24(4)17(18)3)25-13-14-26-20(15-25)10-7-6-8-11-20/h5-15H2,1-4H3,(H,21,22). The number of hydrogen-bond acceptors (Lipinski definition) is 3. The minimum Gasteiger partial charge on any atom is -0.357 e. The third kappa shape index (κ3) is 4.38. The molecule has 26 heavy (non-hydrogen) atoms. The highest BCUT2D eigenvalue weighted by molar-refractivity contribution is 8.00. The Morgan fingerprint density at radius 3 is 2.69 bits per heavy atom. The number of thioether (sulfide) groups is 1. The Morgan fingerprint density at radius 1 is 1.27 bits per heavy atom. The summed E-state index contributed by atoms with van der Waals surface area (Å²) in [7, 11) is 2.02. The van der Waals surface area contributed by atoms with Crippen molar-refractivity contribution in [3.05, 3.63) is 17.0 Å². The first kappa shape index (κ1) is 19.6. The van der Waals surface area contributed by atoms with Crippen LogP contribution < -0.4 is 5.32 Å². The fraction of sp³-hybridized carbons (Fsp3) is 0.800. The Kier molecular flexibility index (Phi) is 6.54. The highest BCUT2D eigenvalue weighted by Crippen LogP contribution is 2.42. The maximum atomic E-state index is 4.99. The molecular formula is C20H35N5S. The molecule has 1 saturated carbocycles. The average molecular weight is 378 g/mol. The average Bonchev–Trinajstić information content (AvgIpc) is 2.87.